The first kappa shape index (κ1) is 10.5. The number of rotatable bonds is 1. The average Bonchev–Trinajstić information content (AvgIpc) is 2.81. The SMILES string of the molecule is N#Cc1ccccc1-c1cnc2ccc(F)cn12. The van der Waals surface area contributed by atoms with Crippen molar-refractivity contribution in [2.45, 2.75) is 0 Å². The fraction of sp³-hybridized carbons (Fsp3) is 0. The lowest BCUT2D eigenvalue weighted by molar-refractivity contribution is 0.619. The van der Waals surface area contributed by atoms with E-state index in [2.05, 4.69) is 11.1 Å². The van der Waals surface area contributed by atoms with Crippen molar-refractivity contribution in [3.8, 4) is 17.3 Å². The lowest BCUT2D eigenvalue weighted by Gasteiger charge is -2.03. The molecule has 18 heavy (non-hydrogen) atoms. The molecule has 0 amide bonds. The Bertz CT molecular complexity index is 768. The molecule has 0 N–H and O–H groups in total. The minimum absolute atomic E-state index is 0.337. The van der Waals surface area contributed by atoms with Gasteiger partial charge >= 0.3 is 0 Å². The summed E-state index contributed by atoms with van der Waals surface area (Å²) in [5, 5.41) is 9.09. The van der Waals surface area contributed by atoms with Gasteiger partial charge in [-0.2, -0.15) is 5.26 Å². The summed E-state index contributed by atoms with van der Waals surface area (Å²) in [5.41, 5.74) is 2.66. The van der Waals surface area contributed by atoms with Crippen LogP contribution in [0.2, 0.25) is 0 Å². The van der Waals surface area contributed by atoms with E-state index in [0.717, 1.165) is 5.56 Å². The molecule has 0 saturated heterocycles. The van der Waals surface area contributed by atoms with Crippen LogP contribution in [0.15, 0.2) is 48.8 Å². The zero-order chi connectivity index (χ0) is 12.5. The van der Waals surface area contributed by atoms with Crippen molar-refractivity contribution < 1.29 is 4.39 Å². The number of imidazole rings is 1. The molecular formula is C14H8FN3. The summed E-state index contributed by atoms with van der Waals surface area (Å²) in [4.78, 5) is 4.20. The fourth-order valence-corrected chi connectivity index (χ4v) is 1.96. The summed E-state index contributed by atoms with van der Waals surface area (Å²) in [6.45, 7) is 0. The maximum Gasteiger partial charge on any atom is 0.139 e. The quantitative estimate of drug-likeness (QED) is 0.652. The van der Waals surface area contributed by atoms with E-state index in [9.17, 15) is 4.39 Å². The molecule has 0 radical (unpaired) electrons. The number of hydrogen-bond donors (Lipinski definition) is 0. The molecule has 0 unspecified atom stereocenters. The third kappa shape index (κ3) is 1.54. The Hall–Kier alpha value is -2.67. The van der Waals surface area contributed by atoms with Gasteiger partial charge in [-0.15, -0.1) is 0 Å². The van der Waals surface area contributed by atoms with E-state index in [1.165, 1.54) is 12.3 Å². The molecule has 2 heterocycles. The maximum atomic E-state index is 13.3. The van der Waals surface area contributed by atoms with Crippen LogP contribution in [0.3, 0.4) is 0 Å². The van der Waals surface area contributed by atoms with E-state index in [1.807, 2.05) is 12.1 Å². The zero-order valence-corrected chi connectivity index (χ0v) is 9.34. The lowest BCUT2D eigenvalue weighted by atomic mass is 10.1. The smallest absolute Gasteiger partial charge is 0.139 e. The first-order valence-electron chi connectivity index (χ1n) is 5.42. The highest BCUT2D eigenvalue weighted by atomic mass is 19.1. The molecular weight excluding hydrogens is 229 g/mol. The third-order valence-electron chi connectivity index (χ3n) is 2.79. The van der Waals surface area contributed by atoms with Gasteiger partial charge in [-0.05, 0) is 18.2 Å². The summed E-state index contributed by atoms with van der Waals surface area (Å²) in [7, 11) is 0. The highest BCUT2D eigenvalue weighted by molar-refractivity contribution is 5.69. The number of pyridine rings is 1. The van der Waals surface area contributed by atoms with E-state index in [4.69, 9.17) is 5.26 Å². The van der Waals surface area contributed by atoms with Crippen LogP contribution in [0.1, 0.15) is 5.56 Å². The highest BCUT2D eigenvalue weighted by Crippen LogP contribution is 2.24. The zero-order valence-electron chi connectivity index (χ0n) is 9.34. The highest BCUT2D eigenvalue weighted by Gasteiger charge is 2.10. The van der Waals surface area contributed by atoms with Crippen LogP contribution in [-0.4, -0.2) is 9.38 Å². The molecule has 0 aliphatic heterocycles. The summed E-state index contributed by atoms with van der Waals surface area (Å²) in [6, 6.07) is 12.3. The molecule has 0 aliphatic carbocycles. The Balaban J connectivity index is 2.32. The van der Waals surface area contributed by atoms with Gasteiger partial charge in [0.15, 0.2) is 0 Å². The number of benzene rings is 1. The summed E-state index contributed by atoms with van der Waals surface area (Å²) in [5.74, 6) is -0.337. The standard InChI is InChI=1S/C14H8FN3/c15-11-5-6-14-17-8-13(18(14)9-11)12-4-2-1-3-10(12)7-16/h1-6,8-9H. The molecule has 4 heteroatoms. The molecule has 0 atom stereocenters. The monoisotopic (exact) mass is 237 g/mol. The number of nitriles is 1. The van der Waals surface area contributed by atoms with Gasteiger partial charge in [-0.1, -0.05) is 18.2 Å². The Morgan fingerprint density at radius 1 is 1.17 bits per heavy atom. The molecule has 86 valence electrons. The largest absolute Gasteiger partial charge is 0.297 e. The van der Waals surface area contributed by atoms with Gasteiger partial charge in [0, 0.05) is 11.8 Å². The van der Waals surface area contributed by atoms with Crippen LogP contribution >= 0.6 is 0 Å². The van der Waals surface area contributed by atoms with Gasteiger partial charge < -0.3 is 0 Å². The first-order chi connectivity index (χ1) is 8.79. The number of hydrogen-bond acceptors (Lipinski definition) is 2. The molecule has 0 fully saturated rings. The van der Waals surface area contributed by atoms with Crippen LogP contribution in [0.4, 0.5) is 4.39 Å². The van der Waals surface area contributed by atoms with Gasteiger partial charge in [0.25, 0.3) is 0 Å². The van der Waals surface area contributed by atoms with Crippen LogP contribution in [0, 0.1) is 17.1 Å². The second kappa shape index (κ2) is 3.97. The number of nitrogens with zero attached hydrogens (tertiary/aromatic N) is 3. The van der Waals surface area contributed by atoms with Gasteiger partial charge in [0.05, 0.1) is 23.5 Å². The Morgan fingerprint density at radius 3 is 2.83 bits per heavy atom. The van der Waals surface area contributed by atoms with E-state index in [0.29, 0.717) is 16.9 Å². The molecule has 1 aromatic carbocycles. The predicted molar refractivity (Wildman–Crippen MR) is 65.3 cm³/mol. The molecule has 3 aromatic rings. The molecule has 0 saturated carbocycles. The van der Waals surface area contributed by atoms with Gasteiger partial charge in [0.1, 0.15) is 11.5 Å². The molecule has 3 nitrogen and oxygen atoms in total. The molecule has 0 spiro atoms. The van der Waals surface area contributed by atoms with Crippen molar-refractivity contribution in [2.75, 3.05) is 0 Å². The number of aromatic nitrogens is 2. The Kier molecular flexibility index (Phi) is 2.31. The van der Waals surface area contributed by atoms with Crippen molar-refractivity contribution in [1.29, 1.82) is 5.26 Å². The van der Waals surface area contributed by atoms with Crippen molar-refractivity contribution in [1.82, 2.24) is 9.38 Å². The summed E-state index contributed by atoms with van der Waals surface area (Å²) < 4.78 is 14.9. The topological polar surface area (TPSA) is 41.1 Å². The van der Waals surface area contributed by atoms with Crippen LogP contribution in [0.5, 0.6) is 0 Å². The van der Waals surface area contributed by atoms with E-state index in [-0.39, 0.29) is 5.82 Å². The Labute approximate surface area is 103 Å². The van der Waals surface area contributed by atoms with Crippen LogP contribution in [-0.2, 0) is 0 Å². The van der Waals surface area contributed by atoms with Gasteiger partial charge in [-0.25, -0.2) is 9.37 Å². The van der Waals surface area contributed by atoms with Crippen molar-refractivity contribution in [3.05, 3.63) is 60.2 Å². The maximum absolute atomic E-state index is 13.3. The number of fused-ring (bicyclic) bond motifs is 1. The lowest BCUT2D eigenvalue weighted by Crippen LogP contribution is -1.91. The van der Waals surface area contributed by atoms with E-state index >= 15 is 0 Å². The van der Waals surface area contributed by atoms with Crippen LogP contribution < -0.4 is 0 Å². The third-order valence-corrected chi connectivity index (χ3v) is 2.79. The van der Waals surface area contributed by atoms with Crippen molar-refractivity contribution >= 4 is 5.65 Å². The predicted octanol–water partition coefficient (Wildman–Crippen LogP) is 3.01. The van der Waals surface area contributed by atoms with Gasteiger partial charge in [-0.3, -0.25) is 4.40 Å². The first-order valence-corrected chi connectivity index (χ1v) is 5.42. The fourth-order valence-electron chi connectivity index (χ4n) is 1.96. The average molecular weight is 237 g/mol. The van der Waals surface area contributed by atoms with E-state index in [1.54, 1.807) is 28.8 Å². The summed E-state index contributed by atoms with van der Waals surface area (Å²) in [6.07, 6.45) is 3.01. The van der Waals surface area contributed by atoms with Gasteiger partial charge in [0.2, 0.25) is 0 Å². The summed E-state index contributed by atoms with van der Waals surface area (Å²) >= 11 is 0. The van der Waals surface area contributed by atoms with Crippen molar-refractivity contribution in [2.24, 2.45) is 0 Å². The Morgan fingerprint density at radius 2 is 2.00 bits per heavy atom. The van der Waals surface area contributed by atoms with Crippen molar-refractivity contribution in [3.63, 3.8) is 0 Å². The number of halogens is 1. The van der Waals surface area contributed by atoms with Crippen LogP contribution in [0.25, 0.3) is 16.9 Å². The van der Waals surface area contributed by atoms with E-state index < -0.39 is 0 Å². The second-order valence-corrected chi connectivity index (χ2v) is 3.88. The molecule has 0 bridgehead atoms. The molecule has 2 aromatic heterocycles. The minimum atomic E-state index is -0.337. The minimum Gasteiger partial charge on any atom is -0.297 e. The second-order valence-electron chi connectivity index (χ2n) is 3.88. The molecule has 0 aliphatic rings. The molecule has 3 rings (SSSR count). The normalized spacial score (nSPS) is 10.4.